The minimum absolute atomic E-state index is 0.0258. The minimum atomic E-state index is -0.366. The molecule has 0 bridgehead atoms. The van der Waals surface area contributed by atoms with Crippen molar-refractivity contribution in [3.8, 4) is 6.07 Å². The van der Waals surface area contributed by atoms with E-state index in [4.69, 9.17) is 4.74 Å². The van der Waals surface area contributed by atoms with E-state index >= 15 is 0 Å². The molecular weight excluding hydrogens is 282 g/mol. The van der Waals surface area contributed by atoms with E-state index < -0.39 is 0 Å². The summed E-state index contributed by atoms with van der Waals surface area (Å²) in [6.07, 6.45) is 3.98. The lowest BCUT2D eigenvalue weighted by atomic mass is 9.98. The summed E-state index contributed by atoms with van der Waals surface area (Å²) in [6, 6.07) is 1.96. The third-order valence-electron chi connectivity index (χ3n) is 3.74. The van der Waals surface area contributed by atoms with Gasteiger partial charge in [0.1, 0.15) is 11.6 Å². The van der Waals surface area contributed by atoms with Crippen molar-refractivity contribution in [2.75, 3.05) is 19.7 Å². The standard InChI is InChI=1S/C16H25N3O3/c1-4-12(3)18-15(20)14(9-17)11-19-8-6-7-13(10-19)16(21)22-5-2/h11-13H,4-8,10H2,1-3H3,(H,18,20)/b14-11-. The SMILES string of the molecule is CCOC(=O)C1CCCN(/C=C(/C#N)C(=O)NC(C)CC)C1. The number of rotatable bonds is 6. The summed E-state index contributed by atoms with van der Waals surface area (Å²) in [6.45, 7) is 7.23. The van der Waals surface area contributed by atoms with Gasteiger partial charge in [0.15, 0.2) is 0 Å². The molecule has 1 aliphatic rings. The number of ether oxygens (including phenoxy) is 1. The van der Waals surface area contributed by atoms with Gasteiger partial charge in [-0.15, -0.1) is 0 Å². The van der Waals surface area contributed by atoms with Gasteiger partial charge in [0.25, 0.3) is 5.91 Å². The van der Waals surface area contributed by atoms with Crippen molar-refractivity contribution in [3.63, 3.8) is 0 Å². The molecule has 22 heavy (non-hydrogen) atoms. The molecule has 0 saturated carbocycles. The molecule has 0 spiro atoms. The van der Waals surface area contributed by atoms with Gasteiger partial charge in [0.2, 0.25) is 0 Å². The number of carbonyl (C=O) groups excluding carboxylic acids is 2. The van der Waals surface area contributed by atoms with E-state index in [2.05, 4.69) is 5.32 Å². The Bertz CT molecular complexity index is 468. The zero-order valence-electron chi connectivity index (χ0n) is 13.6. The number of esters is 1. The van der Waals surface area contributed by atoms with E-state index in [1.165, 1.54) is 0 Å². The van der Waals surface area contributed by atoms with Crippen molar-refractivity contribution in [1.29, 1.82) is 5.26 Å². The Kier molecular flexibility index (Phi) is 7.44. The highest BCUT2D eigenvalue weighted by Gasteiger charge is 2.26. The molecule has 6 heteroatoms. The van der Waals surface area contributed by atoms with Gasteiger partial charge in [-0.25, -0.2) is 0 Å². The summed E-state index contributed by atoms with van der Waals surface area (Å²) >= 11 is 0. The number of hydrogen-bond acceptors (Lipinski definition) is 5. The third kappa shape index (κ3) is 5.40. The highest BCUT2D eigenvalue weighted by atomic mass is 16.5. The second-order valence-corrected chi connectivity index (χ2v) is 5.52. The van der Waals surface area contributed by atoms with Crippen molar-refractivity contribution >= 4 is 11.9 Å². The molecule has 1 N–H and O–H groups in total. The number of nitrogens with one attached hydrogen (secondary N) is 1. The maximum absolute atomic E-state index is 12.0. The predicted octanol–water partition coefficient (Wildman–Crippen LogP) is 1.58. The number of nitrogens with zero attached hydrogens (tertiary/aromatic N) is 2. The molecule has 6 nitrogen and oxygen atoms in total. The van der Waals surface area contributed by atoms with Crippen LogP contribution in [-0.2, 0) is 14.3 Å². The van der Waals surface area contributed by atoms with Crippen LogP contribution < -0.4 is 5.32 Å². The van der Waals surface area contributed by atoms with E-state index in [1.54, 1.807) is 13.1 Å². The van der Waals surface area contributed by atoms with Gasteiger partial charge >= 0.3 is 5.97 Å². The fourth-order valence-corrected chi connectivity index (χ4v) is 2.30. The number of piperidine rings is 1. The largest absolute Gasteiger partial charge is 0.466 e. The van der Waals surface area contributed by atoms with Crippen LogP contribution >= 0.6 is 0 Å². The summed E-state index contributed by atoms with van der Waals surface area (Å²) in [5.74, 6) is -0.763. The van der Waals surface area contributed by atoms with Crippen LogP contribution in [-0.4, -0.2) is 42.5 Å². The highest BCUT2D eigenvalue weighted by Crippen LogP contribution is 2.19. The fourth-order valence-electron chi connectivity index (χ4n) is 2.30. The number of nitriles is 1. The summed E-state index contributed by atoms with van der Waals surface area (Å²) in [5, 5.41) is 12.0. The van der Waals surface area contributed by atoms with Crippen LogP contribution in [0.15, 0.2) is 11.8 Å². The summed E-state index contributed by atoms with van der Waals surface area (Å²) in [7, 11) is 0. The molecule has 0 aromatic carbocycles. The molecular formula is C16H25N3O3. The average molecular weight is 307 g/mol. The number of carbonyl (C=O) groups is 2. The highest BCUT2D eigenvalue weighted by molar-refractivity contribution is 5.97. The Morgan fingerprint density at radius 3 is 2.82 bits per heavy atom. The van der Waals surface area contributed by atoms with Crippen molar-refractivity contribution in [2.45, 2.75) is 46.1 Å². The van der Waals surface area contributed by atoms with E-state index in [0.717, 1.165) is 25.8 Å². The lowest BCUT2D eigenvalue weighted by Gasteiger charge is -2.30. The van der Waals surface area contributed by atoms with Gasteiger partial charge in [-0.2, -0.15) is 5.26 Å². The summed E-state index contributed by atoms with van der Waals surface area (Å²) in [5.41, 5.74) is 0.0739. The molecule has 2 unspecified atom stereocenters. The van der Waals surface area contributed by atoms with E-state index in [-0.39, 0.29) is 29.4 Å². The molecule has 1 aliphatic heterocycles. The second kappa shape index (κ2) is 9.08. The molecule has 0 aromatic heterocycles. The molecule has 0 aliphatic carbocycles. The van der Waals surface area contributed by atoms with Gasteiger partial charge < -0.3 is 15.0 Å². The molecule has 1 saturated heterocycles. The monoisotopic (exact) mass is 307 g/mol. The van der Waals surface area contributed by atoms with Crippen LogP contribution in [0.25, 0.3) is 0 Å². The van der Waals surface area contributed by atoms with Crippen LogP contribution in [0.1, 0.15) is 40.0 Å². The lowest BCUT2D eigenvalue weighted by molar-refractivity contribution is -0.149. The van der Waals surface area contributed by atoms with E-state index in [1.807, 2.05) is 24.8 Å². The number of likely N-dealkylation sites (tertiary alicyclic amines) is 1. The first-order valence-corrected chi connectivity index (χ1v) is 7.85. The Labute approximate surface area is 132 Å². The molecule has 2 atom stereocenters. The van der Waals surface area contributed by atoms with Crippen LogP contribution in [0.2, 0.25) is 0 Å². The van der Waals surface area contributed by atoms with Gasteiger partial charge in [0, 0.05) is 25.3 Å². The van der Waals surface area contributed by atoms with Crippen molar-refractivity contribution in [1.82, 2.24) is 10.2 Å². The number of hydrogen-bond donors (Lipinski definition) is 1. The quantitative estimate of drug-likeness (QED) is 0.458. The third-order valence-corrected chi connectivity index (χ3v) is 3.74. The lowest BCUT2D eigenvalue weighted by Crippen LogP contribution is -2.38. The molecule has 0 aromatic rings. The smallest absolute Gasteiger partial charge is 0.310 e. The predicted molar refractivity (Wildman–Crippen MR) is 82.5 cm³/mol. The maximum atomic E-state index is 12.0. The molecule has 1 fully saturated rings. The first-order valence-electron chi connectivity index (χ1n) is 7.85. The topological polar surface area (TPSA) is 82.4 Å². The molecule has 0 radical (unpaired) electrons. The Morgan fingerprint density at radius 2 is 2.23 bits per heavy atom. The summed E-state index contributed by atoms with van der Waals surface area (Å²) < 4.78 is 5.05. The van der Waals surface area contributed by atoms with Crippen LogP contribution in [0.5, 0.6) is 0 Å². The molecule has 1 rings (SSSR count). The van der Waals surface area contributed by atoms with Gasteiger partial charge in [0.05, 0.1) is 12.5 Å². The second-order valence-electron chi connectivity index (χ2n) is 5.52. The Morgan fingerprint density at radius 1 is 1.50 bits per heavy atom. The first kappa shape index (κ1) is 18.0. The molecule has 1 amide bonds. The normalized spacial score (nSPS) is 20.0. The Balaban J connectivity index is 2.70. The molecule has 122 valence electrons. The van der Waals surface area contributed by atoms with Gasteiger partial charge in [-0.05, 0) is 33.1 Å². The summed E-state index contributed by atoms with van der Waals surface area (Å²) in [4.78, 5) is 25.7. The van der Waals surface area contributed by atoms with Gasteiger partial charge in [-0.3, -0.25) is 9.59 Å². The number of amides is 1. The van der Waals surface area contributed by atoms with Crippen LogP contribution in [0, 0.1) is 17.2 Å². The van der Waals surface area contributed by atoms with Crippen molar-refractivity contribution in [2.24, 2.45) is 5.92 Å². The zero-order valence-corrected chi connectivity index (χ0v) is 13.6. The fraction of sp³-hybridized carbons (Fsp3) is 0.688. The van der Waals surface area contributed by atoms with E-state index in [9.17, 15) is 14.9 Å². The van der Waals surface area contributed by atoms with Crippen LogP contribution in [0.4, 0.5) is 0 Å². The Hall–Kier alpha value is -2.03. The van der Waals surface area contributed by atoms with Gasteiger partial charge in [-0.1, -0.05) is 6.92 Å². The molecule has 1 heterocycles. The minimum Gasteiger partial charge on any atom is -0.466 e. The first-order chi connectivity index (χ1) is 10.5. The van der Waals surface area contributed by atoms with Crippen molar-refractivity contribution in [3.05, 3.63) is 11.8 Å². The average Bonchev–Trinajstić information content (AvgIpc) is 2.52. The van der Waals surface area contributed by atoms with Crippen LogP contribution in [0.3, 0.4) is 0 Å². The maximum Gasteiger partial charge on any atom is 0.310 e. The van der Waals surface area contributed by atoms with Crippen molar-refractivity contribution < 1.29 is 14.3 Å². The zero-order chi connectivity index (χ0) is 16.5. The van der Waals surface area contributed by atoms with E-state index in [0.29, 0.717) is 13.2 Å².